The number of ether oxygens (including phenoxy) is 2. The first kappa shape index (κ1) is 12.4. The standard InChI is InChI=1S/C13H20N2O2/c1-16-13-5-3-2-4-11(13)12(15-14)8-10-6-7-17-9-10/h2-5,10,12,15H,6-9,14H2,1H3. The molecule has 0 aliphatic carbocycles. The van der Waals surface area contributed by atoms with Gasteiger partial charge in [-0.15, -0.1) is 0 Å². The van der Waals surface area contributed by atoms with Crippen LogP contribution in [0.25, 0.3) is 0 Å². The van der Waals surface area contributed by atoms with Crippen LogP contribution in [0.1, 0.15) is 24.4 Å². The van der Waals surface area contributed by atoms with Crippen LogP contribution in [0.3, 0.4) is 0 Å². The zero-order chi connectivity index (χ0) is 12.1. The Morgan fingerprint density at radius 2 is 2.35 bits per heavy atom. The molecule has 1 saturated heterocycles. The topological polar surface area (TPSA) is 56.5 Å². The lowest BCUT2D eigenvalue weighted by atomic mass is 9.94. The predicted octanol–water partition coefficient (Wildman–Crippen LogP) is 1.63. The highest BCUT2D eigenvalue weighted by Crippen LogP contribution is 2.31. The fraction of sp³-hybridized carbons (Fsp3) is 0.538. The molecule has 0 radical (unpaired) electrons. The van der Waals surface area contributed by atoms with Gasteiger partial charge in [-0.2, -0.15) is 0 Å². The zero-order valence-electron chi connectivity index (χ0n) is 10.2. The maximum Gasteiger partial charge on any atom is 0.123 e. The number of hydrazine groups is 1. The molecule has 2 rings (SSSR count). The van der Waals surface area contributed by atoms with Crippen LogP contribution in [0.2, 0.25) is 0 Å². The number of nitrogens with one attached hydrogen (secondary N) is 1. The van der Waals surface area contributed by atoms with Gasteiger partial charge in [-0.1, -0.05) is 18.2 Å². The molecule has 0 spiro atoms. The fourth-order valence-corrected chi connectivity index (χ4v) is 2.34. The van der Waals surface area contributed by atoms with Crippen LogP contribution in [0, 0.1) is 5.92 Å². The van der Waals surface area contributed by atoms with Crippen molar-refractivity contribution in [2.75, 3.05) is 20.3 Å². The summed E-state index contributed by atoms with van der Waals surface area (Å²) in [6, 6.07) is 8.11. The minimum Gasteiger partial charge on any atom is -0.496 e. The van der Waals surface area contributed by atoms with Gasteiger partial charge in [0.2, 0.25) is 0 Å². The van der Waals surface area contributed by atoms with Crippen molar-refractivity contribution in [3.05, 3.63) is 29.8 Å². The Labute approximate surface area is 102 Å². The second-order valence-corrected chi connectivity index (χ2v) is 4.43. The molecule has 0 bridgehead atoms. The monoisotopic (exact) mass is 236 g/mol. The summed E-state index contributed by atoms with van der Waals surface area (Å²) in [7, 11) is 1.69. The van der Waals surface area contributed by atoms with Crippen LogP contribution in [-0.4, -0.2) is 20.3 Å². The Morgan fingerprint density at radius 1 is 1.53 bits per heavy atom. The van der Waals surface area contributed by atoms with Gasteiger partial charge in [0.25, 0.3) is 0 Å². The van der Waals surface area contributed by atoms with E-state index < -0.39 is 0 Å². The highest BCUT2D eigenvalue weighted by atomic mass is 16.5. The van der Waals surface area contributed by atoms with Crippen molar-refractivity contribution in [1.29, 1.82) is 0 Å². The molecule has 1 fully saturated rings. The number of benzene rings is 1. The van der Waals surface area contributed by atoms with Crippen molar-refractivity contribution in [2.45, 2.75) is 18.9 Å². The minimum absolute atomic E-state index is 0.123. The van der Waals surface area contributed by atoms with Gasteiger partial charge in [-0.25, -0.2) is 0 Å². The molecule has 3 N–H and O–H groups in total. The second-order valence-electron chi connectivity index (χ2n) is 4.43. The van der Waals surface area contributed by atoms with Crippen LogP contribution >= 0.6 is 0 Å². The summed E-state index contributed by atoms with van der Waals surface area (Å²) in [6.45, 7) is 1.71. The zero-order valence-corrected chi connectivity index (χ0v) is 10.2. The molecule has 4 nitrogen and oxygen atoms in total. The second kappa shape index (κ2) is 6.00. The number of hydrogen-bond donors (Lipinski definition) is 2. The summed E-state index contributed by atoms with van der Waals surface area (Å²) < 4.78 is 10.8. The molecule has 94 valence electrons. The number of hydrogen-bond acceptors (Lipinski definition) is 4. The van der Waals surface area contributed by atoms with E-state index in [2.05, 4.69) is 11.5 Å². The molecule has 17 heavy (non-hydrogen) atoms. The first-order valence-corrected chi connectivity index (χ1v) is 6.02. The highest BCUT2D eigenvalue weighted by Gasteiger charge is 2.22. The highest BCUT2D eigenvalue weighted by molar-refractivity contribution is 5.35. The van der Waals surface area contributed by atoms with Crippen LogP contribution < -0.4 is 16.0 Å². The van der Waals surface area contributed by atoms with E-state index in [4.69, 9.17) is 15.3 Å². The smallest absolute Gasteiger partial charge is 0.123 e. The summed E-state index contributed by atoms with van der Waals surface area (Å²) >= 11 is 0. The van der Waals surface area contributed by atoms with Gasteiger partial charge in [0.05, 0.1) is 7.11 Å². The summed E-state index contributed by atoms with van der Waals surface area (Å²) in [5, 5.41) is 0. The molecular formula is C13H20N2O2. The van der Waals surface area contributed by atoms with Crippen LogP contribution in [0.5, 0.6) is 5.75 Å². The molecule has 2 atom stereocenters. The van der Waals surface area contributed by atoms with Gasteiger partial charge in [0, 0.05) is 24.8 Å². The van der Waals surface area contributed by atoms with Gasteiger partial charge in [-0.05, 0) is 24.8 Å². The van der Waals surface area contributed by atoms with Crippen LogP contribution in [0.4, 0.5) is 0 Å². The maximum absolute atomic E-state index is 5.66. The van der Waals surface area contributed by atoms with E-state index in [0.717, 1.165) is 37.4 Å². The van der Waals surface area contributed by atoms with Crippen molar-refractivity contribution in [2.24, 2.45) is 11.8 Å². The summed E-state index contributed by atoms with van der Waals surface area (Å²) in [4.78, 5) is 0. The third-order valence-electron chi connectivity index (χ3n) is 3.31. The lowest BCUT2D eigenvalue weighted by Crippen LogP contribution is -2.30. The van der Waals surface area contributed by atoms with Gasteiger partial charge in [-0.3, -0.25) is 11.3 Å². The average molecular weight is 236 g/mol. The van der Waals surface area contributed by atoms with Crippen LogP contribution in [-0.2, 0) is 4.74 Å². The number of methoxy groups -OCH3 is 1. The molecule has 4 heteroatoms. The van der Waals surface area contributed by atoms with Crippen molar-refractivity contribution in [3.63, 3.8) is 0 Å². The quantitative estimate of drug-likeness (QED) is 0.602. The molecule has 0 amide bonds. The van der Waals surface area contributed by atoms with Gasteiger partial charge in [0.1, 0.15) is 5.75 Å². The third-order valence-corrected chi connectivity index (χ3v) is 3.31. The van der Waals surface area contributed by atoms with E-state index in [1.54, 1.807) is 7.11 Å². The van der Waals surface area contributed by atoms with Crippen molar-refractivity contribution < 1.29 is 9.47 Å². The first-order chi connectivity index (χ1) is 8.35. The van der Waals surface area contributed by atoms with E-state index in [9.17, 15) is 0 Å². The maximum atomic E-state index is 5.66. The summed E-state index contributed by atoms with van der Waals surface area (Å²) in [6.07, 6.45) is 2.10. The minimum atomic E-state index is 0.123. The van der Waals surface area contributed by atoms with E-state index in [0.29, 0.717) is 5.92 Å². The average Bonchev–Trinajstić information content (AvgIpc) is 2.89. The molecule has 0 aromatic heterocycles. The molecule has 1 aromatic carbocycles. The Hall–Kier alpha value is -1.10. The van der Waals surface area contributed by atoms with Crippen molar-refractivity contribution in [3.8, 4) is 5.75 Å². The number of para-hydroxylation sites is 1. The summed E-state index contributed by atoms with van der Waals surface area (Å²) in [5.74, 6) is 7.13. The molecule has 1 aromatic rings. The Balaban J connectivity index is 2.10. The number of rotatable bonds is 5. The molecule has 0 saturated carbocycles. The third kappa shape index (κ3) is 2.97. The molecule has 1 aliphatic heterocycles. The van der Waals surface area contributed by atoms with Crippen molar-refractivity contribution >= 4 is 0 Å². The fourth-order valence-electron chi connectivity index (χ4n) is 2.34. The first-order valence-electron chi connectivity index (χ1n) is 6.02. The Kier molecular flexibility index (Phi) is 4.36. The van der Waals surface area contributed by atoms with Gasteiger partial charge < -0.3 is 9.47 Å². The largest absolute Gasteiger partial charge is 0.496 e. The Bertz CT molecular complexity index is 351. The van der Waals surface area contributed by atoms with Gasteiger partial charge in [0.15, 0.2) is 0 Å². The SMILES string of the molecule is COc1ccccc1C(CC1CCOC1)NN. The predicted molar refractivity (Wildman–Crippen MR) is 66.6 cm³/mol. The van der Waals surface area contributed by atoms with E-state index in [-0.39, 0.29) is 6.04 Å². The molecular weight excluding hydrogens is 216 g/mol. The van der Waals surface area contributed by atoms with Gasteiger partial charge >= 0.3 is 0 Å². The van der Waals surface area contributed by atoms with Crippen LogP contribution in [0.15, 0.2) is 24.3 Å². The lowest BCUT2D eigenvalue weighted by Gasteiger charge is -2.21. The van der Waals surface area contributed by atoms with E-state index in [1.807, 2.05) is 18.2 Å². The summed E-state index contributed by atoms with van der Waals surface area (Å²) in [5.41, 5.74) is 4.00. The van der Waals surface area contributed by atoms with E-state index >= 15 is 0 Å². The Morgan fingerprint density at radius 3 is 3.00 bits per heavy atom. The lowest BCUT2D eigenvalue weighted by molar-refractivity contribution is 0.181. The molecule has 1 aliphatic rings. The van der Waals surface area contributed by atoms with E-state index in [1.165, 1.54) is 0 Å². The molecule has 2 unspecified atom stereocenters. The number of nitrogens with two attached hydrogens (primary N) is 1. The van der Waals surface area contributed by atoms with Crippen molar-refractivity contribution in [1.82, 2.24) is 5.43 Å². The molecule has 1 heterocycles. The normalized spacial score (nSPS) is 21.4.